The van der Waals surface area contributed by atoms with Crippen molar-refractivity contribution in [2.24, 2.45) is 0 Å². The third-order valence-corrected chi connectivity index (χ3v) is 2.32. The minimum absolute atomic E-state index is 0.00482. The van der Waals surface area contributed by atoms with Gasteiger partial charge in [0, 0.05) is 18.7 Å². The zero-order chi connectivity index (χ0) is 9.26. The van der Waals surface area contributed by atoms with Crippen molar-refractivity contribution in [3.8, 4) is 0 Å². The summed E-state index contributed by atoms with van der Waals surface area (Å²) in [5.74, 6) is -0.00482. The van der Waals surface area contributed by atoms with Crippen molar-refractivity contribution in [3.63, 3.8) is 0 Å². The van der Waals surface area contributed by atoms with Crippen molar-refractivity contribution >= 4 is 5.91 Å². The van der Waals surface area contributed by atoms with Crippen LogP contribution in [0.15, 0.2) is 18.2 Å². The van der Waals surface area contributed by atoms with Gasteiger partial charge in [-0.3, -0.25) is 4.79 Å². The van der Waals surface area contributed by atoms with E-state index >= 15 is 0 Å². The van der Waals surface area contributed by atoms with E-state index in [1.54, 1.807) is 0 Å². The molecule has 3 nitrogen and oxygen atoms in total. The van der Waals surface area contributed by atoms with Crippen LogP contribution in [0, 0.1) is 0 Å². The first kappa shape index (κ1) is 8.26. The van der Waals surface area contributed by atoms with Crippen LogP contribution in [0.3, 0.4) is 0 Å². The number of nitrogens with one attached hydrogen (secondary N) is 1. The molecule has 13 heavy (non-hydrogen) atoms. The number of carbonyl (C=O) groups is 1. The summed E-state index contributed by atoms with van der Waals surface area (Å²) in [6.45, 7) is 0.731. The molecule has 0 aliphatic carbocycles. The molecule has 68 valence electrons. The van der Waals surface area contributed by atoms with Gasteiger partial charge in [0.15, 0.2) is 0 Å². The summed E-state index contributed by atoms with van der Waals surface area (Å²) in [7, 11) is 0. The molecule has 2 N–H and O–H groups in total. The van der Waals surface area contributed by atoms with E-state index in [0.717, 1.165) is 16.7 Å². The summed E-state index contributed by atoms with van der Waals surface area (Å²) in [5, 5.41) is 11.6. The quantitative estimate of drug-likeness (QED) is 0.689. The molecule has 0 saturated carbocycles. The lowest BCUT2D eigenvalue weighted by molar-refractivity contribution is 0.0966. The van der Waals surface area contributed by atoms with Gasteiger partial charge in [-0.2, -0.15) is 0 Å². The Bertz CT molecular complexity index is 347. The number of aliphatic hydroxyl groups excluding tert-OH is 1. The Hall–Kier alpha value is -1.35. The van der Waals surface area contributed by atoms with E-state index in [2.05, 4.69) is 5.32 Å². The molecule has 0 bridgehead atoms. The monoisotopic (exact) mass is 177 g/mol. The van der Waals surface area contributed by atoms with Crippen LogP contribution in [0.5, 0.6) is 0 Å². The number of rotatable bonds is 2. The molecule has 0 unspecified atom stereocenters. The number of aliphatic hydroxyl groups is 1. The Morgan fingerprint density at radius 3 is 3.08 bits per heavy atom. The Morgan fingerprint density at radius 1 is 1.46 bits per heavy atom. The van der Waals surface area contributed by atoms with E-state index in [1.807, 2.05) is 18.2 Å². The highest BCUT2D eigenvalue weighted by molar-refractivity contribution is 5.98. The van der Waals surface area contributed by atoms with E-state index < -0.39 is 0 Å². The van der Waals surface area contributed by atoms with Crippen LogP contribution in [0.25, 0.3) is 0 Å². The summed E-state index contributed by atoms with van der Waals surface area (Å²) >= 11 is 0. The molecule has 0 spiro atoms. The van der Waals surface area contributed by atoms with Gasteiger partial charge in [0.1, 0.15) is 0 Å². The van der Waals surface area contributed by atoms with E-state index in [1.165, 1.54) is 0 Å². The van der Waals surface area contributed by atoms with Crippen LogP contribution in [0.4, 0.5) is 0 Å². The van der Waals surface area contributed by atoms with Gasteiger partial charge in [-0.05, 0) is 23.6 Å². The zero-order valence-electron chi connectivity index (χ0n) is 7.21. The minimum atomic E-state index is -0.00482. The van der Waals surface area contributed by atoms with Gasteiger partial charge < -0.3 is 10.4 Å². The largest absolute Gasteiger partial charge is 0.396 e. The molecule has 2 rings (SSSR count). The van der Waals surface area contributed by atoms with Crippen LogP contribution >= 0.6 is 0 Å². The van der Waals surface area contributed by atoms with Crippen molar-refractivity contribution < 1.29 is 9.90 Å². The molecule has 0 saturated heterocycles. The molecule has 1 aliphatic rings. The molecule has 0 aromatic heterocycles. The molecular formula is C10H11NO2. The lowest BCUT2D eigenvalue weighted by Gasteiger charge is -2.03. The summed E-state index contributed by atoms with van der Waals surface area (Å²) in [5.41, 5.74) is 2.87. The summed E-state index contributed by atoms with van der Waals surface area (Å²) in [6.07, 6.45) is 0.623. The molecule has 1 heterocycles. The first-order chi connectivity index (χ1) is 6.33. The van der Waals surface area contributed by atoms with Gasteiger partial charge in [-0.1, -0.05) is 12.1 Å². The molecule has 1 aliphatic heterocycles. The average molecular weight is 177 g/mol. The molecule has 0 fully saturated rings. The van der Waals surface area contributed by atoms with Crippen molar-refractivity contribution in [1.82, 2.24) is 5.32 Å². The fourth-order valence-electron chi connectivity index (χ4n) is 1.67. The summed E-state index contributed by atoms with van der Waals surface area (Å²) < 4.78 is 0. The highest BCUT2D eigenvalue weighted by atomic mass is 16.3. The second-order valence-corrected chi connectivity index (χ2v) is 3.10. The van der Waals surface area contributed by atoms with Gasteiger partial charge in [0.2, 0.25) is 0 Å². The molecule has 1 amide bonds. The van der Waals surface area contributed by atoms with Crippen LogP contribution < -0.4 is 5.32 Å². The highest BCUT2D eigenvalue weighted by Crippen LogP contribution is 2.19. The summed E-state index contributed by atoms with van der Waals surface area (Å²) in [6, 6.07) is 5.63. The Balaban J connectivity index is 2.44. The Kier molecular flexibility index (Phi) is 2.02. The number of fused-ring (bicyclic) bond motifs is 1. The van der Waals surface area contributed by atoms with Crippen molar-refractivity contribution in [2.75, 3.05) is 6.61 Å². The van der Waals surface area contributed by atoms with E-state index in [-0.39, 0.29) is 12.5 Å². The average Bonchev–Trinajstić information content (AvgIpc) is 2.50. The SMILES string of the molecule is O=C1NCc2c(CCO)cccc21. The van der Waals surface area contributed by atoms with Gasteiger partial charge >= 0.3 is 0 Å². The Morgan fingerprint density at radius 2 is 2.31 bits per heavy atom. The van der Waals surface area contributed by atoms with Gasteiger partial charge in [0.25, 0.3) is 5.91 Å². The molecule has 1 aromatic carbocycles. The van der Waals surface area contributed by atoms with Crippen LogP contribution in [0.2, 0.25) is 0 Å². The topological polar surface area (TPSA) is 49.3 Å². The first-order valence-corrected chi connectivity index (χ1v) is 4.33. The predicted molar refractivity (Wildman–Crippen MR) is 48.4 cm³/mol. The molecule has 0 atom stereocenters. The lowest BCUT2D eigenvalue weighted by Crippen LogP contribution is -2.12. The maximum atomic E-state index is 11.2. The van der Waals surface area contributed by atoms with E-state index in [4.69, 9.17) is 5.11 Å². The second kappa shape index (κ2) is 3.18. The molecular weight excluding hydrogens is 166 g/mol. The minimum Gasteiger partial charge on any atom is -0.396 e. The van der Waals surface area contributed by atoms with E-state index in [0.29, 0.717) is 13.0 Å². The number of hydrogen-bond donors (Lipinski definition) is 2. The van der Waals surface area contributed by atoms with Crippen molar-refractivity contribution in [3.05, 3.63) is 34.9 Å². The fourth-order valence-corrected chi connectivity index (χ4v) is 1.67. The van der Waals surface area contributed by atoms with Crippen molar-refractivity contribution in [1.29, 1.82) is 0 Å². The maximum absolute atomic E-state index is 11.2. The van der Waals surface area contributed by atoms with Crippen molar-refractivity contribution in [2.45, 2.75) is 13.0 Å². The van der Waals surface area contributed by atoms with Gasteiger partial charge in [0.05, 0.1) is 0 Å². The zero-order valence-corrected chi connectivity index (χ0v) is 7.21. The fraction of sp³-hybridized carbons (Fsp3) is 0.300. The maximum Gasteiger partial charge on any atom is 0.251 e. The summed E-state index contributed by atoms with van der Waals surface area (Å²) in [4.78, 5) is 11.2. The molecule has 3 heteroatoms. The van der Waals surface area contributed by atoms with Crippen LogP contribution in [-0.4, -0.2) is 17.6 Å². The van der Waals surface area contributed by atoms with Crippen LogP contribution in [0.1, 0.15) is 21.5 Å². The highest BCUT2D eigenvalue weighted by Gasteiger charge is 2.20. The second-order valence-electron chi connectivity index (χ2n) is 3.10. The number of amides is 1. The van der Waals surface area contributed by atoms with Gasteiger partial charge in [-0.25, -0.2) is 0 Å². The third kappa shape index (κ3) is 1.31. The lowest BCUT2D eigenvalue weighted by atomic mass is 10.0. The molecule has 1 aromatic rings. The first-order valence-electron chi connectivity index (χ1n) is 4.33. The number of carbonyl (C=O) groups excluding carboxylic acids is 1. The third-order valence-electron chi connectivity index (χ3n) is 2.32. The van der Waals surface area contributed by atoms with Gasteiger partial charge in [-0.15, -0.1) is 0 Å². The van der Waals surface area contributed by atoms with Crippen LogP contribution in [-0.2, 0) is 13.0 Å². The number of hydrogen-bond acceptors (Lipinski definition) is 2. The predicted octanol–water partition coefficient (Wildman–Crippen LogP) is 0.465. The van der Waals surface area contributed by atoms with E-state index in [9.17, 15) is 4.79 Å². The molecule has 0 radical (unpaired) electrons. The normalized spacial score (nSPS) is 14.1. The number of benzene rings is 1. The Labute approximate surface area is 76.4 Å². The smallest absolute Gasteiger partial charge is 0.251 e. The standard InChI is InChI=1S/C10H11NO2/c12-5-4-7-2-1-3-8-9(7)6-11-10(8)13/h1-3,12H,4-6H2,(H,11,13).